The van der Waals surface area contributed by atoms with Crippen molar-refractivity contribution < 1.29 is 8.78 Å². The Labute approximate surface area is 220 Å². The highest BCUT2D eigenvalue weighted by Gasteiger charge is 2.20. The van der Waals surface area contributed by atoms with E-state index >= 15 is 0 Å². The molecule has 3 aromatic carbocycles. The molecule has 0 unspecified atom stereocenters. The summed E-state index contributed by atoms with van der Waals surface area (Å²) in [6.07, 6.45) is 7.41. The Hall–Kier alpha value is -1.76. The van der Waals surface area contributed by atoms with Gasteiger partial charge in [0.05, 0.1) is 15.3 Å². The third kappa shape index (κ3) is 9.00. The van der Waals surface area contributed by atoms with Crippen LogP contribution in [0.5, 0.6) is 0 Å². The van der Waals surface area contributed by atoms with Crippen LogP contribution >= 0.6 is 35.3 Å². The minimum atomic E-state index is -0.234. The zero-order valence-corrected chi connectivity index (χ0v) is 22.4. The SMILES string of the molecule is Cc1cccc(N=C(CC(Sc2ccc(F)cc2)Sc2ccc(F)cc2)SCC2CCCCC2)c1. The normalized spacial score (nSPS) is 15.0. The standard InChI is InChI=1S/C29H31F2NS3/c1-21-6-5-9-25(18-21)32-28(33-20-22-7-3-2-4-8-22)19-29(34-26-14-10-23(30)11-15-26)35-27-16-12-24(31)13-17-27/h5-6,9-18,22,29H,2-4,7-8,19-20H2,1H3. The molecule has 1 fully saturated rings. The third-order valence-electron chi connectivity index (χ3n) is 5.97. The van der Waals surface area contributed by atoms with E-state index in [9.17, 15) is 8.78 Å². The van der Waals surface area contributed by atoms with Crippen LogP contribution in [0.25, 0.3) is 0 Å². The predicted octanol–water partition coefficient (Wildman–Crippen LogP) is 9.92. The summed E-state index contributed by atoms with van der Waals surface area (Å²) < 4.78 is 27.1. The van der Waals surface area contributed by atoms with Crippen molar-refractivity contribution in [3.8, 4) is 0 Å². The van der Waals surface area contributed by atoms with E-state index in [2.05, 4.69) is 31.2 Å². The van der Waals surface area contributed by atoms with Crippen LogP contribution in [0.4, 0.5) is 14.5 Å². The summed E-state index contributed by atoms with van der Waals surface area (Å²) in [7, 11) is 0. The number of hydrogen-bond acceptors (Lipinski definition) is 4. The molecule has 1 nitrogen and oxygen atoms in total. The number of aryl methyl sites for hydroxylation is 1. The van der Waals surface area contributed by atoms with Crippen LogP contribution < -0.4 is 0 Å². The molecule has 0 N–H and O–H groups in total. The maximum atomic E-state index is 13.5. The molecule has 0 amide bonds. The van der Waals surface area contributed by atoms with Crippen molar-refractivity contribution >= 4 is 46.0 Å². The first-order valence-electron chi connectivity index (χ1n) is 12.1. The quantitative estimate of drug-likeness (QED) is 0.119. The molecule has 1 aliphatic carbocycles. The molecule has 6 heteroatoms. The van der Waals surface area contributed by atoms with Gasteiger partial charge in [-0.3, -0.25) is 0 Å². The molecule has 0 bridgehead atoms. The highest BCUT2D eigenvalue weighted by Crippen LogP contribution is 2.40. The molecule has 0 aliphatic heterocycles. The maximum absolute atomic E-state index is 13.5. The fourth-order valence-corrected chi connectivity index (χ4v) is 8.09. The fourth-order valence-electron chi connectivity index (χ4n) is 4.13. The van der Waals surface area contributed by atoms with Crippen LogP contribution in [-0.2, 0) is 0 Å². The molecule has 4 rings (SSSR count). The Morgan fingerprint density at radius 3 is 2.03 bits per heavy atom. The topological polar surface area (TPSA) is 12.4 Å². The van der Waals surface area contributed by atoms with Gasteiger partial charge in [-0.05, 0) is 91.9 Å². The first-order chi connectivity index (χ1) is 17.0. The summed E-state index contributed by atoms with van der Waals surface area (Å²) in [5.41, 5.74) is 2.18. The smallest absolute Gasteiger partial charge is 0.123 e. The van der Waals surface area contributed by atoms with Crippen LogP contribution in [-0.4, -0.2) is 15.4 Å². The first-order valence-corrected chi connectivity index (χ1v) is 14.9. The zero-order chi connectivity index (χ0) is 24.5. The predicted molar refractivity (Wildman–Crippen MR) is 150 cm³/mol. The van der Waals surface area contributed by atoms with Crippen molar-refractivity contribution in [3.63, 3.8) is 0 Å². The molecule has 0 saturated heterocycles. The first kappa shape index (κ1) is 26.3. The van der Waals surface area contributed by atoms with Gasteiger partial charge in [-0.15, -0.1) is 35.3 Å². The lowest BCUT2D eigenvalue weighted by molar-refractivity contribution is 0.391. The van der Waals surface area contributed by atoms with Gasteiger partial charge in [0.2, 0.25) is 0 Å². The molecule has 0 spiro atoms. The Morgan fingerprint density at radius 2 is 1.46 bits per heavy atom. The van der Waals surface area contributed by atoms with Crippen LogP contribution in [0.3, 0.4) is 0 Å². The lowest BCUT2D eigenvalue weighted by Gasteiger charge is -2.22. The summed E-state index contributed by atoms with van der Waals surface area (Å²) in [4.78, 5) is 7.11. The summed E-state index contributed by atoms with van der Waals surface area (Å²) in [6.45, 7) is 2.09. The Bertz CT molecular complexity index is 1050. The summed E-state index contributed by atoms with van der Waals surface area (Å²) in [5.74, 6) is 1.38. The van der Waals surface area contributed by atoms with Crippen molar-refractivity contribution in [1.82, 2.24) is 0 Å². The van der Waals surface area contributed by atoms with Gasteiger partial charge in [0.25, 0.3) is 0 Å². The number of benzene rings is 3. The number of halogens is 2. The van der Waals surface area contributed by atoms with Gasteiger partial charge >= 0.3 is 0 Å². The molecule has 184 valence electrons. The van der Waals surface area contributed by atoms with E-state index in [0.29, 0.717) is 0 Å². The van der Waals surface area contributed by atoms with Crippen LogP contribution in [0.1, 0.15) is 44.1 Å². The second kappa shape index (κ2) is 13.5. The van der Waals surface area contributed by atoms with Crippen molar-refractivity contribution in [1.29, 1.82) is 0 Å². The zero-order valence-electron chi connectivity index (χ0n) is 20.0. The van der Waals surface area contributed by atoms with Crippen molar-refractivity contribution in [2.75, 3.05) is 5.75 Å². The lowest BCUT2D eigenvalue weighted by atomic mass is 9.91. The number of nitrogens with zero attached hydrogens (tertiary/aromatic N) is 1. The second-order valence-corrected chi connectivity index (χ2v) is 12.9. The van der Waals surface area contributed by atoms with E-state index in [4.69, 9.17) is 4.99 Å². The summed E-state index contributed by atoms with van der Waals surface area (Å²) in [5, 5.41) is 1.12. The molecular formula is C29H31F2NS3. The van der Waals surface area contributed by atoms with Crippen LogP contribution in [0.2, 0.25) is 0 Å². The molecule has 35 heavy (non-hydrogen) atoms. The number of rotatable bonds is 9. The molecule has 3 aromatic rings. The third-order valence-corrected chi connectivity index (χ3v) is 9.72. The van der Waals surface area contributed by atoms with E-state index in [-0.39, 0.29) is 16.2 Å². The molecule has 1 aliphatic rings. The molecule has 0 aromatic heterocycles. The van der Waals surface area contributed by atoms with E-state index in [0.717, 1.165) is 38.6 Å². The highest BCUT2D eigenvalue weighted by molar-refractivity contribution is 8.17. The molecule has 1 saturated carbocycles. The highest BCUT2D eigenvalue weighted by atomic mass is 32.2. The average molecular weight is 528 g/mol. The second-order valence-electron chi connectivity index (χ2n) is 8.94. The lowest BCUT2D eigenvalue weighted by Crippen LogP contribution is -2.12. The van der Waals surface area contributed by atoms with Crippen molar-refractivity contribution in [2.45, 2.75) is 59.8 Å². The molecule has 0 radical (unpaired) electrons. The minimum Gasteiger partial charge on any atom is -0.247 e. The van der Waals surface area contributed by atoms with Gasteiger partial charge in [0.1, 0.15) is 11.6 Å². The van der Waals surface area contributed by atoms with Gasteiger partial charge < -0.3 is 0 Å². The number of hydrogen-bond donors (Lipinski definition) is 0. The monoisotopic (exact) mass is 527 g/mol. The van der Waals surface area contributed by atoms with Gasteiger partial charge in [-0.2, -0.15) is 0 Å². The summed E-state index contributed by atoms with van der Waals surface area (Å²) >= 11 is 5.30. The van der Waals surface area contributed by atoms with Gasteiger partial charge in [0, 0.05) is 22.0 Å². The average Bonchev–Trinajstić information content (AvgIpc) is 2.86. The van der Waals surface area contributed by atoms with Crippen molar-refractivity contribution in [3.05, 3.63) is 90.0 Å². The summed E-state index contributed by atoms with van der Waals surface area (Å²) in [6, 6.07) is 21.6. The largest absolute Gasteiger partial charge is 0.247 e. The van der Waals surface area contributed by atoms with Crippen LogP contribution in [0, 0.1) is 24.5 Å². The molecule has 0 heterocycles. The maximum Gasteiger partial charge on any atom is 0.123 e. The molecular weight excluding hydrogens is 497 g/mol. The Morgan fingerprint density at radius 1 is 0.857 bits per heavy atom. The molecule has 0 atom stereocenters. The fraction of sp³-hybridized carbons (Fsp3) is 0.345. The minimum absolute atomic E-state index is 0.119. The van der Waals surface area contributed by atoms with Gasteiger partial charge in [-0.25, -0.2) is 13.8 Å². The van der Waals surface area contributed by atoms with Crippen molar-refractivity contribution in [2.24, 2.45) is 10.9 Å². The Kier molecular flexibility index (Phi) is 10.2. The van der Waals surface area contributed by atoms with Gasteiger partial charge in [0.15, 0.2) is 0 Å². The van der Waals surface area contributed by atoms with Crippen LogP contribution in [0.15, 0.2) is 87.6 Å². The van der Waals surface area contributed by atoms with E-state index in [1.807, 2.05) is 36.0 Å². The Balaban J connectivity index is 1.56. The van der Waals surface area contributed by atoms with E-state index < -0.39 is 0 Å². The number of thioether (sulfide) groups is 3. The number of aliphatic imine (C=N–C) groups is 1. The van der Waals surface area contributed by atoms with Gasteiger partial charge in [-0.1, -0.05) is 31.4 Å². The van der Waals surface area contributed by atoms with E-state index in [1.165, 1.54) is 61.9 Å². The van der Waals surface area contributed by atoms with E-state index in [1.54, 1.807) is 23.5 Å².